The van der Waals surface area contributed by atoms with Crippen LogP contribution in [0.25, 0.3) is 0 Å². The van der Waals surface area contributed by atoms with E-state index in [9.17, 15) is 13.2 Å². The summed E-state index contributed by atoms with van der Waals surface area (Å²) in [5.74, 6) is 1.20. The number of benzene rings is 2. The molecule has 1 saturated carbocycles. The Morgan fingerprint density at radius 2 is 1.69 bits per heavy atom. The average Bonchev–Trinajstić information content (AvgIpc) is 2.89. The minimum atomic E-state index is -4.21. The number of halogens is 3. The Labute approximate surface area is 169 Å². The van der Waals surface area contributed by atoms with Gasteiger partial charge in [0.25, 0.3) is 0 Å². The van der Waals surface area contributed by atoms with Crippen LogP contribution in [0.3, 0.4) is 0 Å². The van der Waals surface area contributed by atoms with E-state index in [0.717, 1.165) is 37.0 Å². The molecule has 2 aliphatic carbocycles. The number of alkyl halides is 3. The van der Waals surface area contributed by atoms with E-state index >= 15 is 0 Å². The van der Waals surface area contributed by atoms with Crippen molar-refractivity contribution in [1.29, 1.82) is 0 Å². The van der Waals surface area contributed by atoms with Gasteiger partial charge in [0.15, 0.2) is 0 Å². The van der Waals surface area contributed by atoms with Crippen LogP contribution in [0.5, 0.6) is 5.75 Å². The van der Waals surface area contributed by atoms with E-state index in [0.29, 0.717) is 6.61 Å². The molecule has 0 amide bonds. The van der Waals surface area contributed by atoms with Gasteiger partial charge in [-0.15, -0.1) is 0 Å². The van der Waals surface area contributed by atoms with E-state index in [-0.39, 0.29) is 18.4 Å². The fourth-order valence-corrected chi connectivity index (χ4v) is 4.92. The molecule has 2 aromatic carbocycles. The highest BCUT2D eigenvalue weighted by Gasteiger charge is 2.49. The van der Waals surface area contributed by atoms with Crippen molar-refractivity contribution in [2.24, 2.45) is 17.6 Å². The fraction of sp³-hybridized carbons (Fsp3) is 0.478. The molecule has 0 saturated heterocycles. The van der Waals surface area contributed by atoms with Crippen molar-refractivity contribution in [3.63, 3.8) is 0 Å². The van der Waals surface area contributed by atoms with E-state index < -0.39 is 18.3 Å². The minimum absolute atomic E-state index is 0.179. The standard InChI is InChI=1S/C23H27F3N2O/c24-23(25,26)15-28-14-22(27)19-7-8-20(22)11-18-12-21(9-6-17(18)10-19)29-13-16-4-2-1-3-5-16/h1-6,9,12,19-20,28H,7-8,10-11,13-15,27H2. The van der Waals surface area contributed by atoms with E-state index in [2.05, 4.69) is 17.4 Å². The van der Waals surface area contributed by atoms with Crippen LogP contribution in [0.1, 0.15) is 29.5 Å². The monoisotopic (exact) mass is 404 g/mol. The summed E-state index contributed by atoms with van der Waals surface area (Å²) in [5.41, 5.74) is 9.70. The van der Waals surface area contributed by atoms with Gasteiger partial charge in [-0.25, -0.2) is 0 Å². The summed E-state index contributed by atoms with van der Waals surface area (Å²) in [4.78, 5) is 0. The maximum absolute atomic E-state index is 12.6. The first kappa shape index (κ1) is 20.2. The molecular weight excluding hydrogens is 377 g/mol. The zero-order valence-electron chi connectivity index (χ0n) is 16.3. The lowest BCUT2D eigenvalue weighted by Crippen LogP contribution is -2.57. The topological polar surface area (TPSA) is 47.3 Å². The van der Waals surface area contributed by atoms with Crippen LogP contribution in [0, 0.1) is 11.8 Å². The molecule has 0 spiro atoms. The maximum Gasteiger partial charge on any atom is 0.401 e. The molecular formula is C23H27F3N2O. The smallest absolute Gasteiger partial charge is 0.401 e. The molecule has 0 aromatic heterocycles. The summed E-state index contributed by atoms with van der Waals surface area (Å²) in [6, 6.07) is 16.2. The second kappa shape index (κ2) is 8.00. The van der Waals surface area contributed by atoms with E-state index in [4.69, 9.17) is 10.5 Å². The third-order valence-electron chi connectivity index (χ3n) is 6.50. The van der Waals surface area contributed by atoms with Gasteiger partial charge in [0.05, 0.1) is 6.54 Å². The average molecular weight is 404 g/mol. The van der Waals surface area contributed by atoms with Gasteiger partial charge in [0, 0.05) is 12.1 Å². The van der Waals surface area contributed by atoms with E-state index in [1.807, 2.05) is 36.4 Å². The Hall–Kier alpha value is -2.05. The zero-order valence-corrected chi connectivity index (χ0v) is 16.3. The molecule has 2 aliphatic rings. The van der Waals surface area contributed by atoms with Gasteiger partial charge in [0.1, 0.15) is 12.4 Å². The van der Waals surface area contributed by atoms with Crippen molar-refractivity contribution < 1.29 is 17.9 Å². The SMILES string of the molecule is NC1(CNCC(F)(F)F)C2CCC1Cc1cc(OCc3ccccc3)ccc1C2. The Morgan fingerprint density at radius 3 is 2.38 bits per heavy atom. The van der Waals surface area contributed by atoms with Gasteiger partial charge in [-0.1, -0.05) is 36.4 Å². The van der Waals surface area contributed by atoms with Crippen molar-refractivity contribution in [2.45, 2.75) is 44.0 Å². The zero-order chi connectivity index (χ0) is 20.5. The van der Waals surface area contributed by atoms with Crippen molar-refractivity contribution >= 4 is 0 Å². The lowest BCUT2D eigenvalue weighted by molar-refractivity contribution is -0.125. The molecule has 0 aliphatic heterocycles. The number of nitrogens with one attached hydrogen (secondary N) is 1. The molecule has 6 heteroatoms. The Morgan fingerprint density at radius 1 is 1.00 bits per heavy atom. The molecule has 4 rings (SSSR count). The second-order valence-corrected chi connectivity index (χ2v) is 8.42. The Kier molecular flexibility index (Phi) is 5.58. The van der Waals surface area contributed by atoms with Gasteiger partial charge in [0.2, 0.25) is 0 Å². The van der Waals surface area contributed by atoms with Crippen LogP contribution < -0.4 is 15.8 Å². The van der Waals surface area contributed by atoms with Crippen LogP contribution >= 0.6 is 0 Å². The first-order valence-corrected chi connectivity index (χ1v) is 10.2. The number of ether oxygens (including phenoxy) is 1. The molecule has 3 atom stereocenters. The minimum Gasteiger partial charge on any atom is -0.489 e. The molecule has 156 valence electrons. The number of fused-ring (bicyclic) bond motifs is 3. The molecule has 3 unspecified atom stereocenters. The second-order valence-electron chi connectivity index (χ2n) is 8.42. The van der Waals surface area contributed by atoms with Crippen molar-refractivity contribution in [1.82, 2.24) is 5.32 Å². The summed E-state index contributed by atoms with van der Waals surface area (Å²) in [6.07, 6.45) is -0.675. The third-order valence-corrected chi connectivity index (χ3v) is 6.50. The molecule has 1 fully saturated rings. The highest BCUT2D eigenvalue weighted by Crippen LogP contribution is 2.46. The number of rotatable bonds is 6. The van der Waals surface area contributed by atoms with Gasteiger partial charge in [-0.2, -0.15) is 13.2 Å². The van der Waals surface area contributed by atoms with Gasteiger partial charge < -0.3 is 15.8 Å². The highest BCUT2D eigenvalue weighted by molar-refractivity contribution is 5.39. The molecule has 3 N–H and O–H groups in total. The van der Waals surface area contributed by atoms with Gasteiger partial charge in [-0.05, 0) is 66.3 Å². The molecule has 29 heavy (non-hydrogen) atoms. The maximum atomic E-state index is 12.6. The lowest BCUT2D eigenvalue weighted by atomic mass is 9.79. The summed E-state index contributed by atoms with van der Waals surface area (Å²) in [7, 11) is 0. The van der Waals surface area contributed by atoms with Crippen molar-refractivity contribution in [2.75, 3.05) is 13.1 Å². The summed E-state index contributed by atoms with van der Waals surface area (Å²) < 4.78 is 43.7. The summed E-state index contributed by atoms with van der Waals surface area (Å²) >= 11 is 0. The molecule has 2 bridgehead atoms. The number of nitrogens with two attached hydrogens (primary N) is 1. The fourth-order valence-electron chi connectivity index (χ4n) is 4.92. The predicted molar refractivity (Wildman–Crippen MR) is 107 cm³/mol. The van der Waals surface area contributed by atoms with Crippen LogP contribution in [0.4, 0.5) is 13.2 Å². The lowest BCUT2D eigenvalue weighted by Gasteiger charge is -2.35. The predicted octanol–water partition coefficient (Wildman–Crippen LogP) is 4.24. The Balaban J connectivity index is 1.45. The quantitative estimate of drug-likeness (QED) is 0.757. The third kappa shape index (κ3) is 4.59. The van der Waals surface area contributed by atoms with Gasteiger partial charge in [-0.3, -0.25) is 0 Å². The van der Waals surface area contributed by atoms with Crippen LogP contribution in [0.15, 0.2) is 48.5 Å². The number of hydrogen-bond donors (Lipinski definition) is 2. The first-order chi connectivity index (χ1) is 13.8. The van der Waals surface area contributed by atoms with Crippen LogP contribution in [-0.2, 0) is 19.4 Å². The summed E-state index contributed by atoms with van der Waals surface area (Å²) in [6.45, 7) is -0.281. The molecule has 0 radical (unpaired) electrons. The largest absolute Gasteiger partial charge is 0.489 e. The molecule has 3 nitrogen and oxygen atoms in total. The van der Waals surface area contributed by atoms with Crippen LogP contribution in [0.2, 0.25) is 0 Å². The van der Waals surface area contributed by atoms with E-state index in [1.54, 1.807) is 0 Å². The van der Waals surface area contributed by atoms with Crippen LogP contribution in [-0.4, -0.2) is 24.8 Å². The highest BCUT2D eigenvalue weighted by atomic mass is 19.4. The molecule has 2 aromatic rings. The Bertz CT molecular complexity index is 840. The summed E-state index contributed by atoms with van der Waals surface area (Å²) in [5, 5.41) is 2.57. The first-order valence-electron chi connectivity index (χ1n) is 10.2. The van der Waals surface area contributed by atoms with Crippen molar-refractivity contribution in [3.05, 3.63) is 65.2 Å². The van der Waals surface area contributed by atoms with Crippen molar-refractivity contribution in [3.8, 4) is 5.75 Å². The van der Waals surface area contributed by atoms with E-state index in [1.165, 1.54) is 11.1 Å². The van der Waals surface area contributed by atoms with Gasteiger partial charge >= 0.3 is 6.18 Å². The normalized spacial score (nSPS) is 26.1. The number of hydrogen-bond acceptors (Lipinski definition) is 3. The molecule has 0 heterocycles.